The van der Waals surface area contributed by atoms with Crippen molar-refractivity contribution in [1.29, 1.82) is 0 Å². The second kappa shape index (κ2) is 6.07. The first-order valence-electron chi connectivity index (χ1n) is 4.29. The zero-order chi connectivity index (χ0) is 9.52. The van der Waals surface area contributed by atoms with Crippen LogP contribution < -0.4 is 9.47 Å². The normalized spacial score (nSPS) is 9.69. The molecule has 0 aliphatic carbocycles. The first-order valence-corrected chi connectivity index (χ1v) is 5.81. The lowest BCUT2D eigenvalue weighted by Gasteiger charge is -2.09. The van der Waals surface area contributed by atoms with E-state index in [4.69, 9.17) is 9.47 Å². The van der Waals surface area contributed by atoms with Crippen LogP contribution in [-0.4, -0.2) is 17.6 Å². The standard InChI is InChI=1S/C10H13IO2/c1-2-12-9-5-3-4-6-10(9)13-8-7-11/h3-6H,2,7-8H2,1H3. The van der Waals surface area contributed by atoms with Gasteiger partial charge in [-0.15, -0.1) is 0 Å². The van der Waals surface area contributed by atoms with E-state index >= 15 is 0 Å². The molecule has 0 unspecified atom stereocenters. The van der Waals surface area contributed by atoms with Crippen LogP contribution in [0.1, 0.15) is 6.92 Å². The predicted octanol–water partition coefficient (Wildman–Crippen LogP) is 2.90. The number of alkyl halides is 1. The third-order valence-corrected chi connectivity index (χ3v) is 1.92. The highest BCUT2D eigenvalue weighted by Gasteiger charge is 2.01. The topological polar surface area (TPSA) is 18.5 Å². The van der Waals surface area contributed by atoms with Gasteiger partial charge in [-0.1, -0.05) is 34.7 Å². The Balaban J connectivity index is 2.66. The highest BCUT2D eigenvalue weighted by Crippen LogP contribution is 2.26. The molecular formula is C10H13IO2. The highest BCUT2D eigenvalue weighted by atomic mass is 127. The monoisotopic (exact) mass is 292 g/mol. The Bertz CT molecular complexity index is 250. The van der Waals surface area contributed by atoms with Gasteiger partial charge >= 0.3 is 0 Å². The average Bonchev–Trinajstić information content (AvgIpc) is 2.17. The fourth-order valence-electron chi connectivity index (χ4n) is 0.993. The summed E-state index contributed by atoms with van der Waals surface area (Å²) in [7, 11) is 0. The van der Waals surface area contributed by atoms with Crippen LogP contribution in [0.5, 0.6) is 11.5 Å². The molecule has 0 heterocycles. The molecule has 1 rings (SSSR count). The van der Waals surface area contributed by atoms with Gasteiger partial charge in [0.05, 0.1) is 13.2 Å². The molecule has 0 spiro atoms. The molecule has 0 radical (unpaired) electrons. The summed E-state index contributed by atoms with van der Waals surface area (Å²) >= 11 is 2.28. The lowest BCUT2D eigenvalue weighted by atomic mass is 10.3. The minimum absolute atomic E-state index is 0.671. The van der Waals surface area contributed by atoms with Crippen molar-refractivity contribution in [3.63, 3.8) is 0 Å². The fraction of sp³-hybridized carbons (Fsp3) is 0.400. The van der Waals surface area contributed by atoms with Gasteiger partial charge in [-0.05, 0) is 19.1 Å². The lowest BCUT2D eigenvalue weighted by Crippen LogP contribution is -2.00. The van der Waals surface area contributed by atoms with Gasteiger partial charge in [-0.3, -0.25) is 0 Å². The number of para-hydroxylation sites is 2. The van der Waals surface area contributed by atoms with Crippen LogP contribution in [0.4, 0.5) is 0 Å². The maximum absolute atomic E-state index is 5.51. The number of halogens is 1. The third kappa shape index (κ3) is 3.42. The minimum Gasteiger partial charge on any atom is -0.490 e. The van der Waals surface area contributed by atoms with Gasteiger partial charge in [0.1, 0.15) is 0 Å². The number of hydrogen-bond acceptors (Lipinski definition) is 2. The van der Waals surface area contributed by atoms with Crippen molar-refractivity contribution in [3.8, 4) is 11.5 Å². The van der Waals surface area contributed by atoms with E-state index in [9.17, 15) is 0 Å². The molecule has 0 saturated heterocycles. The molecule has 0 amide bonds. The average molecular weight is 292 g/mol. The van der Waals surface area contributed by atoms with E-state index < -0.39 is 0 Å². The summed E-state index contributed by atoms with van der Waals surface area (Å²) < 4.78 is 11.9. The van der Waals surface area contributed by atoms with Crippen LogP contribution in [0.3, 0.4) is 0 Å². The molecule has 72 valence electrons. The molecule has 3 heteroatoms. The van der Waals surface area contributed by atoms with Crippen molar-refractivity contribution in [1.82, 2.24) is 0 Å². The van der Waals surface area contributed by atoms with Gasteiger partial charge in [0.25, 0.3) is 0 Å². The maximum Gasteiger partial charge on any atom is 0.161 e. The number of benzene rings is 1. The molecule has 0 aliphatic rings. The molecule has 0 bridgehead atoms. The third-order valence-electron chi connectivity index (χ3n) is 1.48. The van der Waals surface area contributed by atoms with E-state index in [1.54, 1.807) is 0 Å². The van der Waals surface area contributed by atoms with Crippen LogP contribution in [0, 0.1) is 0 Å². The maximum atomic E-state index is 5.51. The van der Waals surface area contributed by atoms with Crippen molar-refractivity contribution in [2.75, 3.05) is 17.6 Å². The second-order valence-corrected chi connectivity index (χ2v) is 3.50. The molecule has 1 aromatic rings. The van der Waals surface area contributed by atoms with Gasteiger partial charge in [-0.2, -0.15) is 0 Å². The molecule has 1 aromatic carbocycles. The number of rotatable bonds is 5. The van der Waals surface area contributed by atoms with E-state index in [0.717, 1.165) is 22.5 Å². The Labute approximate surface area is 92.4 Å². The molecule has 2 nitrogen and oxygen atoms in total. The molecule has 0 N–H and O–H groups in total. The summed E-state index contributed by atoms with van der Waals surface area (Å²) in [4.78, 5) is 0. The number of ether oxygens (including phenoxy) is 2. The zero-order valence-corrected chi connectivity index (χ0v) is 9.78. The van der Waals surface area contributed by atoms with Crippen molar-refractivity contribution in [3.05, 3.63) is 24.3 Å². The molecule has 0 aromatic heterocycles. The lowest BCUT2D eigenvalue weighted by molar-refractivity contribution is 0.290. The molecular weight excluding hydrogens is 279 g/mol. The van der Waals surface area contributed by atoms with Crippen molar-refractivity contribution in [2.24, 2.45) is 0 Å². The minimum atomic E-state index is 0.671. The molecule has 0 saturated carbocycles. The van der Waals surface area contributed by atoms with Crippen LogP contribution in [-0.2, 0) is 0 Å². The van der Waals surface area contributed by atoms with E-state index in [1.807, 2.05) is 31.2 Å². The second-order valence-electron chi connectivity index (χ2n) is 2.42. The fourth-order valence-corrected chi connectivity index (χ4v) is 1.21. The van der Waals surface area contributed by atoms with Crippen molar-refractivity contribution < 1.29 is 9.47 Å². The van der Waals surface area contributed by atoms with E-state index in [-0.39, 0.29) is 0 Å². The van der Waals surface area contributed by atoms with E-state index in [0.29, 0.717) is 6.61 Å². The van der Waals surface area contributed by atoms with Crippen LogP contribution in [0.25, 0.3) is 0 Å². The highest BCUT2D eigenvalue weighted by molar-refractivity contribution is 14.1. The summed E-state index contributed by atoms with van der Waals surface area (Å²) in [6, 6.07) is 7.75. The summed E-state index contributed by atoms with van der Waals surface area (Å²) in [5.74, 6) is 1.66. The van der Waals surface area contributed by atoms with Gasteiger partial charge in [0.15, 0.2) is 11.5 Å². The van der Waals surface area contributed by atoms with Gasteiger partial charge < -0.3 is 9.47 Å². The van der Waals surface area contributed by atoms with E-state index in [2.05, 4.69) is 22.6 Å². The van der Waals surface area contributed by atoms with Gasteiger partial charge in [-0.25, -0.2) is 0 Å². The Morgan fingerprint density at radius 3 is 2.31 bits per heavy atom. The Hall–Kier alpha value is -0.450. The summed E-state index contributed by atoms with van der Waals surface area (Å²) in [5.41, 5.74) is 0. The number of hydrogen-bond donors (Lipinski definition) is 0. The smallest absolute Gasteiger partial charge is 0.161 e. The largest absolute Gasteiger partial charge is 0.490 e. The first-order chi connectivity index (χ1) is 6.38. The molecule has 0 fully saturated rings. The summed E-state index contributed by atoms with van der Waals surface area (Å²) in [5, 5.41) is 0. The summed E-state index contributed by atoms with van der Waals surface area (Å²) in [6.45, 7) is 3.37. The van der Waals surface area contributed by atoms with Crippen LogP contribution in [0.15, 0.2) is 24.3 Å². The Morgan fingerprint density at radius 1 is 1.15 bits per heavy atom. The molecule has 13 heavy (non-hydrogen) atoms. The zero-order valence-electron chi connectivity index (χ0n) is 7.63. The quantitative estimate of drug-likeness (QED) is 0.613. The Kier molecular flexibility index (Phi) is 4.97. The SMILES string of the molecule is CCOc1ccccc1OCCI. The molecule has 0 aliphatic heterocycles. The van der Waals surface area contributed by atoms with E-state index in [1.165, 1.54) is 0 Å². The first kappa shape index (κ1) is 10.6. The van der Waals surface area contributed by atoms with Gasteiger partial charge in [0.2, 0.25) is 0 Å². The predicted molar refractivity (Wildman–Crippen MR) is 62.0 cm³/mol. The molecule has 0 atom stereocenters. The van der Waals surface area contributed by atoms with Crippen molar-refractivity contribution in [2.45, 2.75) is 6.92 Å². The summed E-state index contributed by atoms with van der Waals surface area (Å²) in [6.07, 6.45) is 0. The Morgan fingerprint density at radius 2 is 1.77 bits per heavy atom. The van der Waals surface area contributed by atoms with Crippen LogP contribution in [0.2, 0.25) is 0 Å². The van der Waals surface area contributed by atoms with Gasteiger partial charge in [0, 0.05) is 4.43 Å². The van der Waals surface area contributed by atoms with Crippen LogP contribution >= 0.6 is 22.6 Å². The van der Waals surface area contributed by atoms with Crippen molar-refractivity contribution >= 4 is 22.6 Å².